The molecule has 2 rings (SSSR count). The van der Waals surface area contributed by atoms with Gasteiger partial charge in [-0.25, -0.2) is 0 Å². The number of thioether (sulfide) groups is 1. The summed E-state index contributed by atoms with van der Waals surface area (Å²) < 4.78 is 5.49. The van der Waals surface area contributed by atoms with E-state index in [4.69, 9.17) is 4.74 Å². The van der Waals surface area contributed by atoms with Gasteiger partial charge in [-0.15, -0.1) is 11.8 Å². The maximum Gasteiger partial charge on any atom is 0.0468 e. The fourth-order valence-corrected chi connectivity index (χ4v) is 3.60. The number of hydrogen-bond donors (Lipinski definition) is 1. The molecule has 0 aliphatic carbocycles. The molecule has 1 saturated heterocycles. The zero-order valence-corrected chi connectivity index (χ0v) is 14.3. The molecular formula is C18H29NOS. The first-order valence-corrected chi connectivity index (χ1v) is 9.36. The quantitative estimate of drug-likeness (QED) is 0.706. The summed E-state index contributed by atoms with van der Waals surface area (Å²) in [5.41, 5.74) is 1.44. The standard InChI is InChI=1S/C18H29NOS/c1-3-11-19-18(14-15-9-12-20-13-10-15)16-5-7-17(8-6-16)21-4-2/h5-8,15,18-19H,3-4,9-14H2,1-2H3. The monoisotopic (exact) mass is 307 g/mol. The molecule has 0 spiro atoms. The highest BCUT2D eigenvalue weighted by molar-refractivity contribution is 7.99. The summed E-state index contributed by atoms with van der Waals surface area (Å²) in [6, 6.07) is 9.66. The summed E-state index contributed by atoms with van der Waals surface area (Å²) in [7, 11) is 0. The van der Waals surface area contributed by atoms with E-state index in [1.54, 1.807) is 0 Å². The van der Waals surface area contributed by atoms with Crippen LogP contribution in [0.4, 0.5) is 0 Å². The Kier molecular flexibility index (Phi) is 7.62. The van der Waals surface area contributed by atoms with Gasteiger partial charge in [-0.1, -0.05) is 26.0 Å². The van der Waals surface area contributed by atoms with Gasteiger partial charge in [0.1, 0.15) is 0 Å². The van der Waals surface area contributed by atoms with Gasteiger partial charge in [-0.2, -0.15) is 0 Å². The van der Waals surface area contributed by atoms with Gasteiger partial charge < -0.3 is 10.1 Å². The van der Waals surface area contributed by atoms with Crippen LogP contribution in [-0.4, -0.2) is 25.5 Å². The number of benzene rings is 1. The normalized spacial score (nSPS) is 17.8. The van der Waals surface area contributed by atoms with Crippen molar-refractivity contribution < 1.29 is 4.74 Å². The van der Waals surface area contributed by atoms with Crippen LogP contribution in [0.3, 0.4) is 0 Å². The Labute approximate surface area is 134 Å². The zero-order chi connectivity index (χ0) is 14.9. The van der Waals surface area contributed by atoms with Crippen molar-refractivity contribution in [3.05, 3.63) is 29.8 Å². The van der Waals surface area contributed by atoms with Crippen LogP contribution in [0.5, 0.6) is 0 Å². The number of hydrogen-bond acceptors (Lipinski definition) is 3. The largest absolute Gasteiger partial charge is 0.381 e. The van der Waals surface area contributed by atoms with E-state index in [9.17, 15) is 0 Å². The lowest BCUT2D eigenvalue weighted by Gasteiger charge is -2.27. The predicted molar refractivity (Wildman–Crippen MR) is 92.0 cm³/mol. The first-order valence-electron chi connectivity index (χ1n) is 8.37. The first kappa shape index (κ1) is 16.9. The Hall–Kier alpha value is -0.510. The van der Waals surface area contributed by atoms with E-state index in [1.165, 1.54) is 36.1 Å². The third-order valence-corrected chi connectivity index (χ3v) is 5.04. The highest BCUT2D eigenvalue weighted by atomic mass is 32.2. The Morgan fingerprint density at radius 1 is 1.19 bits per heavy atom. The Morgan fingerprint density at radius 3 is 2.52 bits per heavy atom. The zero-order valence-electron chi connectivity index (χ0n) is 13.4. The maximum atomic E-state index is 5.49. The molecule has 118 valence electrons. The second kappa shape index (κ2) is 9.50. The summed E-state index contributed by atoms with van der Waals surface area (Å²) in [6.45, 7) is 7.42. The molecule has 0 aromatic heterocycles. The lowest BCUT2D eigenvalue weighted by molar-refractivity contribution is 0.0605. The molecule has 3 heteroatoms. The molecule has 1 atom stereocenters. The smallest absolute Gasteiger partial charge is 0.0468 e. The predicted octanol–water partition coefficient (Wildman–Crippen LogP) is 4.66. The lowest BCUT2D eigenvalue weighted by Crippen LogP contribution is -2.27. The van der Waals surface area contributed by atoms with Gasteiger partial charge in [0, 0.05) is 24.2 Å². The highest BCUT2D eigenvalue weighted by Gasteiger charge is 2.20. The fraction of sp³-hybridized carbons (Fsp3) is 0.667. The van der Waals surface area contributed by atoms with Crippen molar-refractivity contribution >= 4 is 11.8 Å². The van der Waals surface area contributed by atoms with E-state index in [0.717, 1.165) is 31.4 Å². The average molecular weight is 308 g/mol. The van der Waals surface area contributed by atoms with E-state index in [2.05, 4.69) is 43.4 Å². The molecule has 0 amide bonds. The Morgan fingerprint density at radius 2 is 1.90 bits per heavy atom. The van der Waals surface area contributed by atoms with Gasteiger partial charge >= 0.3 is 0 Å². The summed E-state index contributed by atoms with van der Waals surface area (Å²) >= 11 is 1.91. The number of ether oxygens (including phenoxy) is 1. The molecule has 1 aliphatic rings. The van der Waals surface area contributed by atoms with Crippen molar-refractivity contribution in [3.63, 3.8) is 0 Å². The average Bonchev–Trinajstić information content (AvgIpc) is 2.53. The molecule has 1 aromatic rings. The summed E-state index contributed by atoms with van der Waals surface area (Å²) in [5, 5.41) is 3.74. The van der Waals surface area contributed by atoms with Gasteiger partial charge in [0.05, 0.1) is 0 Å². The third-order valence-electron chi connectivity index (χ3n) is 4.14. The van der Waals surface area contributed by atoms with Gasteiger partial charge in [-0.3, -0.25) is 0 Å². The molecule has 2 nitrogen and oxygen atoms in total. The molecule has 0 bridgehead atoms. The molecule has 1 unspecified atom stereocenters. The van der Waals surface area contributed by atoms with Crippen LogP contribution in [0, 0.1) is 5.92 Å². The summed E-state index contributed by atoms with van der Waals surface area (Å²) in [5.74, 6) is 1.94. The van der Waals surface area contributed by atoms with Crippen molar-refractivity contribution in [1.82, 2.24) is 5.32 Å². The highest BCUT2D eigenvalue weighted by Crippen LogP contribution is 2.29. The van der Waals surface area contributed by atoms with E-state index in [1.807, 2.05) is 11.8 Å². The molecular weight excluding hydrogens is 278 g/mol. The minimum absolute atomic E-state index is 0.494. The molecule has 21 heavy (non-hydrogen) atoms. The van der Waals surface area contributed by atoms with Crippen LogP contribution in [0.2, 0.25) is 0 Å². The van der Waals surface area contributed by atoms with Gasteiger partial charge in [0.15, 0.2) is 0 Å². The van der Waals surface area contributed by atoms with Gasteiger partial charge in [0.25, 0.3) is 0 Å². The number of rotatable bonds is 8. The van der Waals surface area contributed by atoms with Crippen molar-refractivity contribution in [2.45, 2.75) is 50.5 Å². The minimum Gasteiger partial charge on any atom is -0.381 e. The lowest BCUT2D eigenvalue weighted by atomic mass is 9.89. The topological polar surface area (TPSA) is 21.3 Å². The summed E-state index contributed by atoms with van der Waals surface area (Å²) in [6.07, 6.45) is 4.86. The Balaban J connectivity index is 1.99. The van der Waals surface area contributed by atoms with Gasteiger partial charge in [0.2, 0.25) is 0 Å². The van der Waals surface area contributed by atoms with Crippen molar-refractivity contribution in [2.24, 2.45) is 5.92 Å². The number of nitrogens with one attached hydrogen (secondary N) is 1. The van der Waals surface area contributed by atoms with E-state index >= 15 is 0 Å². The molecule has 1 aliphatic heterocycles. The first-order chi connectivity index (χ1) is 10.3. The molecule has 1 aromatic carbocycles. The van der Waals surface area contributed by atoms with Crippen molar-refractivity contribution in [2.75, 3.05) is 25.5 Å². The van der Waals surface area contributed by atoms with Crippen LogP contribution in [-0.2, 0) is 4.74 Å². The Bertz CT molecular complexity index is 387. The molecule has 1 heterocycles. The van der Waals surface area contributed by atoms with Crippen LogP contribution in [0.15, 0.2) is 29.2 Å². The van der Waals surface area contributed by atoms with Crippen LogP contribution in [0.1, 0.15) is 51.1 Å². The van der Waals surface area contributed by atoms with E-state index in [-0.39, 0.29) is 0 Å². The second-order valence-corrected chi connectivity index (χ2v) is 7.14. The van der Waals surface area contributed by atoms with Crippen molar-refractivity contribution in [1.29, 1.82) is 0 Å². The molecule has 1 fully saturated rings. The van der Waals surface area contributed by atoms with E-state index in [0.29, 0.717) is 6.04 Å². The maximum absolute atomic E-state index is 5.49. The second-order valence-electron chi connectivity index (χ2n) is 5.80. The van der Waals surface area contributed by atoms with Crippen LogP contribution in [0.25, 0.3) is 0 Å². The SMILES string of the molecule is CCCNC(CC1CCOCC1)c1ccc(SCC)cc1. The van der Waals surface area contributed by atoms with Gasteiger partial charge in [-0.05, 0) is 61.6 Å². The molecule has 0 saturated carbocycles. The van der Waals surface area contributed by atoms with Crippen molar-refractivity contribution in [3.8, 4) is 0 Å². The summed E-state index contributed by atoms with van der Waals surface area (Å²) in [4.78, 5) is 1.38. The van der Waals surface area contributed by atoms with Crippen LogP contribution >= 0.6 is 11.8 Å². The van der Waals surface area contributed by atoms with E-state index < -0.39 is 0 Å². The molecule has 0 radical (unpaired) electrons. The fourth-order valence-electron chi connectivity index (χ4n) is 2.93. The third kappa shape index (κ3) is 5.65. The van der Waals surface area contributed by atoms with Crippen LogP contribution < -0.4 is 5.32 Å². The molecule has 1 N–H and O–H groups in total. The minimum atomic E-state index is 0.494.